The van der Waals surface area contributed by atoms with Gasteiger partial charge in [-0.25, -0.2) is 4.98 Å². The van der Waals surface area contributed by atoms with Gasteiger partial charge in [0.05, 0.1) is 11.3 Å². The Labute approximate surface area is 187 Å². The van der Waals surface area contributed by atoms with Crippen LogP contribution in [0.4, 0.5) is 11.4 Å². The molecule has 1 amide bonds. The van der Waals surface area contributed by atoms with E-state index in [1.165, 1.54) is 18.7 Å². The van der Waals surface area contributed by atoms with E-state index < -0.39 is 0 Å². The van der Waals surface area contributed by atoms with Crippen LogP contribution in [-0.2, 0) is 4.79 Å². The number of aromatic nitrogens is 1. The molecule has 3 rings (SSSR count). The van der Waals surface area contributed by atoms with Gasteiger partial charge < -0.3 is 15.1 Å². The lowest BCUT2D eigenvalue weighted by Crippen LogP contribution is -2.46. The second-order valence-corrected chi connectivity index (χ2v) is 8.41. The summed E-state index contributed by atoms with van der Waals surface area (Å²) >= 11 is 1.19. The number of hydrogen-bond acceptors (Lipinski definition) is 7. The summed E-state index contributed by atoms with van der Waals surface area (Å²) in [6.45, 7) is 10.6. The number of ketones is 1. The van der Waals surface area contributed by atoms with E-state index in [9.17, 15) is 14.9 Å². The van der Waals surface area contributed by atoms with Gasteiger partial charge in [0, 0.05) is 48.8 Å². The lowest BCUT2D eigenvalue weighted by Gasteiger charge is -2.35. The number of hydrogen-bond donors (Lipinski definition) is 1. The van der Waals surface area contributed by atoms with Crippen molar-refractivity contribution in [2.24, 2.45) is 0 Å². The van der Waals surface area contributed by atoms with E-state index in [0.717, 1.165) is 44.1 Å². The van der Waals surface area contributed by atoms with Gasteiger partial charge in [0.2, 0.25) is 5.91 Å². The predicted molar refractivity (Wildman–Crippen MR) is 124 cm³/mol. The maximum absolute atomic E-state index is 12.4. The molecule has 0 radical (unpaired) electrons. The first kappa shape index (κ1) is 22.8. The van der Waals surface area contributed by atoms with Crippen LogP contribution in [0, 0.1) is 18.3 Å². The molecule has 0 aliphatic carbocycles. The van der Waals surface area contributed by atoms with Gasteiger partial charge in [0.1, 0.15) is 11.1 Å². The first-order valence-corrected chi connectivity index (χ1v) is 11.3. The maximum Gasteiger partial charge on any atom is 0.234 e. The highest BCUT2D eigenvalue weighted by Gasteiger charge is 2.16. The Morgan fingerprint density at radius 3 is 2.45 bits per heavy atom. The summed E-state index contributed by atoms with van der Waals surface area (Å²) in [5.74, 6) is -0.180. The van der Waals surface area contributed by atoms with E-state index in [4.69, 9.17) is 0 Å². The number of nitrogens with zero attached hydrogens (tertiary/aromatic N) is 4. The molecule has 0 bridgehead atoms. The number of nitriles is 1. The van der Waals surface area contributed by atoms with Crippen LogP contribution in [0.15, 0.2) is 35.4 Å². The summed E-state index contributed by atoms with van der Waals surface area (Å²) in [6, 6.07) is 11.5. The van der Waals surface area contributed by atoms with Crippen LogP contribution in [-0.4, -0.2) is 60.1 Å². The number of Topliss-reactive ketones (excluding diaryl/α,β-unsaturated/α-hetero) is 1. The zero-order valence-electron chi connectivity index (χ0n) is 18.1. The first-order valence-electron chi connectivity index (χ1n) is 10.3. The topological polar surface area (TPSA) is 89.3 Å². The normalized spacial score (nSPS) is 14.2. The van der Waals surface area contributed by atoms with Gasteiger partial charge >= 0.3 is 0 Å². The first-order chi connectivity index (χ1) is 14.9. The molecule has 2 heterocycles. The van der Waals surface area contributed by atoms with Crippen molar-refractivity contribution < 1.29 is 9.59 Å². The molecule has 1 aliphatic rings. The molecule has 162 valence electrons. The van der Waals surface area contributed by atoms with Gasteiger partial charge in [-0.15, -0.1) is 0 Å². The number of thioether (sulfide) groups is 1. The average Bonchev–Trinajstić information content (AvgIpc) is 2.78. The molecule has 1 aliphatic heterocycles. The molecule has 0 spiro atoms. The molecule has 8 heteroatoms. The van der Waals surface area contributed by atoms with Crippen molar-refractivity contribution >= 4 is 34.8 Å². The molecule has 7 nitrogen and oxygen atoms in total. The average molecular weight is 438 g/mol. The van der Waals surface area contributed by atoms with Crippen molar-refractivity contribution in [3.8, 4) is 6.07 Å². The lowest BCUT2D eigenvalue weighted by molar-refractivity contribution is -0.113. The SMILES string of the molecule is CCN1CCN(c2ccc(NC(=O)CSc3nc(C)c(C(C)=O)cc3C#N)cc2)CC1. The summed E-state index contributed by atoms with van der Waals surface area (Å²) in [4.78, 5) is 33.2. The molecular formula is C23H27N5O2S. The molecule has 0 atom stereocenters. The Balaban J connectivity index is 1.56. The number of aryl methyl sites for hydroxylation is 1. The summed E-state index contributed by atoms with van der Waals surface area (Å²) in [5.41, 5.74) is 3.19. The number of carbonyl (C=O) groups is 2. The smallest absolute Gasteiger partial charge is 0.234 e. The Hall–Kier alpha value is -2.89. The Kier molecular flexibility index (Phi) is 7.66. The van der Waals surface area contributed by atoms with Crippen LogP contribution >= 0.6 is 11.8 Å². The highest BCUT2D eigenvalue weighted by Crippen LogP contribution is 2.24. The number of carbonyl (C=O) groups excluding carboxylic acids is 2. The quantitative estimate of drug-likeness (QED) is 0.525. The van der Waals surface area contributed by atoms with Gasteiger partial charge in [-0.05, 0) is 50.7 Å². The van der Waals surface area contributed by atoms with Gasteiger partial charge in [-0.3, -0.25) is 9.59 Å². The van der Waals surface area contributed by atoms with Gasteiger partial charge in [0.25, 0.3) is 0 Å². The summed E-state index contributed by atoms with van der Waals surface area (Å²) < 4.78 is 0. The highest BCUT2D eigenvalue weighted by atomic mass is 32.2. The number of anilines is 2. The molecule has 2 aromatic rings. The minimum atomic E-state index is -0.173. The minimum absolute atomic E-state index is 0.126. The fraction of sp³-hybridized carbons (Fsp3) is 0.391. The number of likely N-dealkylation sites (N-methyl/N-ethyl adjacent to an activating group) is 1. The fourth-order valence-electron chi connectivity index (χ4n) is 3.54. The summed E-state index contributed by atoms with van der Waals surface area (Å²) in [5, 5.41) is 12.7. The molecule has 1 aromatic carbocycles. The van der Waals surface area contributed by atoms with Crippen LogP contribution in [0.3, 0.4) is 0 Å². The number of rotatable bonds is 7. The van der Waals surface area contributed by atoms with E-state index >= 15 is 0 Å². The van der Waals surface area contributed by atoms with E-state index in [0.29, 0.717) is 21.8 Å². The van der Waals surface area contributed by atoms with E-state index in [-0.39, 0.29) is 17.4 Å². The zero-order valence-corrected chi connectivity index (χ0v) is 19.0. The van der Waals surface area contributed by atoms with Crippen LogP contribution in [0.2, 0.25) is 0 Å². The van der Waals surface area contributed by atoms with Crippen molar-refractivity contribution in [2.45, 2.75) is 25.8 Å². The monoisotopic (exact) mass is 437 g/mol. The Morgan fingerprint density at radius 1 is 1.19 bits per heavy atom. The fourth-order valence-corrected chi connectivity index (χ4v) is 4.34. The molecule has 1 aromatic heterocycles. The van der Waals surface area contributed by atoms with Crippen LogP contribution in [0.1, 0.15) is 35.5 Å². The predicted octanol–water partition coefficient (Wildman–Crippen LogP) is 3.34. The number of amides is 1. The van der Waals surface area contributed by atoms with E-state index in [2.05, 4.69) is 33.1 Å². The lowest BCUT2D eigenvalue weighted by atomic mass is 10.1. The molecule has 0 unspecified atom stereocenters. The van der Waals surface area contributed by atoms with Crippen LogP contribution in [0.5, 0.6) is 0 Å². The third kappa shape index (κ3) is 5.84. The van der Waals surface area contributed by atoms with Gasteiger partial charge in [-0.1, -0.05) is 18.7 Å². The second kappa shape index (κ2) is 10.4. The number of pyridine rings is 1. The van der Waals surface area contributed by atoms with Crippen molar-refractivity contribution in [1.29, 1.82) is 5.26 Å². The number of piperazine rings is 1. The maximum atomic E-state index is 12.4. The minimum Gasteiger partial charge on any atom is -0.369 e. The van der Waals surface area contributed by atoms with E-state index in [1.807, 2.05) is 24.3 Å². The van der Waals surface area contributed by atoms with Crippen LogP contribution < -0.4 is 10.2 Å². The Morgan fingerprint density at radius 2 is 1.87 bits per heavy atom. The van der Waals surface area contributed by atoms with Crippen molar-refractivity contribution in [1.82, 2.24) is 9.88 Å². The van der Waals surface area contributed by atoms with Crippen molar-refractivity contribution in [3.05, 3.63) is 47.2 Å². The summed E-state index contributed by atoms with van der Waals surface area (Å²) in [7, 11) is 0. The Bertz CT molecular complexity index is 992. The third-order valence-electron chi connectivity index (χ3n) is 5.35. The largest absolute Gasteiger partial charge is 0.369 e. The number of nitrogens with one attached hydrogen (secondary N) is 1. The molecule has 1 N–H and O–H groups in total. The van der Waals surface area contributed by atoms with Crippen molar-refractivity contribution in [3.63, 3.8) is 0 Å². The summed E-state index contributed by atoms with van der Waals surface area (Å²) in [6.07, 6.45) is 0. The standard InChI is InChI=1S/C23H27N5O2S/c1-4-27-9-11-28(12-10-27)20-7-5-19(6-8-20)26-22(30)15-31-23-18(14-24)13-21(17(3)29)16(2)25-23/h5-8,13H,4,9-12,15H2,1-3H3,(H,26,30). The van der Waals surface area contributed by atoms with E-state index in [1.54, 1.807) is 13.0 Å². The molecular weight excluding hydrogens is 410 g/mol. The number of benzene rings is 1. The molecule has 31 heavy (non-hydrogen) atoms. The highest BCUT2D eigenvalue weighted by molar-refractivity contribution is 8.00. The molecule has 1 fully saturated rings. The third-order valence-corrected chi connectivity index (χ3v) is 6.34. The van der Waals surface area contributed by atoms with Gasteiger partial charge in [-0.2, -0.15) is 5.26 Å². The molecule has 1 saturated heterocycles. The van der Waals surface area contributed by atoms with Gasteiger partial charge in [0.15, 0.2) is 5.78 Å². The van der Waals surface area contributed by atoms with Crippen LogP contribution in [0.25, 0.3) is 0 Å². The second-order valence-electron chi connectivity index (χ2n) is 7.45. The zero-order chi connectivity index (χ0) is 22.4. The van der Waals surface area contributed by atoms with Crippen molar-refractivity contribution in [2.75, 3.05) is 48.7 Å². The molecule has 0 saturated carbocycles.